The van der Waals surface area contributed by atoms with Gasteiger partial charge in [0.25, 0.3) is 10.0 Å². The monoisotopic (exact) mass is 591 g/mol. The number of rotatable bonds is 12. The second-order valence-electron chi connectivity index (χ2n) is 8.75. The molecule has 3 aromatic carbocycles. The number of nitrogens with one attached hydrogen (secondary N) is 1. The Bertz CT molecular complexity index is 1390. The predicted octanol–water partition coefficient (Wildman–Crippen LogP) is 5.14. The van der Waals surface area contributed by atoms with Gasteiger partial charge >= 0.3 is 0 Å². The maximum Gasteiger partial charge on any atom is 0.264 e. The Morgan fingerprint density at radius 2 is 1.67 bits per heavy atom. The molecule has 0 spiro atoms. The molecule has 0 saturated carbocycles. The molecule has 3 aromatic rings. The van der Waals surface area contributed by atoms with Crippen LogP contribution in [0.4, 0.5) is 5.69 Å². The molecule has 3 rings (SSSR count). The minimum absolute atomic E-state index is 0.0130. The average Bonchev–Trinajstić information content (AvgIpc) is 2.94. The summed E-state index contributed by atoms with van der Waals surface area (Å²) in [6, 6.07) is 18.2. The number of carbonyl (C=O) groups excluding carboxylic acids is 2. The Morgan fingerprint density at radius 3 is 2.26 bits per heavy atom. The van der Waals surface area contributed by atoms with E-state index in [1.807, 2.05) is 6.92 Å². The molecule has 11 heteroatoms. The highest BCUT2D eigenvalue weighted by atomic mass is 35.5. The lowest BCUT2D eigenvalue weighted by molar-refractivity contribution is -0.139. The highest BCUT2D eigenvalue weighted by molar-refractivity contribution is 7.92. The fourth-order valence-electron chi connectivity index (χ4n) is 3.81. The summed E-state index contributed by atoms with van der Waals surface area (Å²) in [6.45, 7) is 3.38. The van der Waals surface area contributed by atoms with Gasteiger partial charge in [0.1, 0.15) is 18.3 Å². The molecule has 0 radical (unpaired) electrons. The summed E-state index contributed by atoms with van der Waals surface area (Å²) in [6.07, 6.45) is 0.720. The van der Waals surface area contributed by atoms with Crippen molar-refractivity contribution in [3.05, 3.63) is 88.4 Å². The number of methoxy groups -OCH3 is 1. The molecule has 0 saturated heterocycles. The molecular formula is C28H31Cl2N3O5S. The summed E-state index contributed by atoms with van der Waals surface area (Å²) in [5.74, 6) is -0.449. The smallest absolute Gasteiger partial charge is 0.264 e. The number of benzene rings is 3. The molecule has 0 aliphatic carbocycles. The van der Waals surface area contributed by atoms with Gasteiger partial charge in [0.15, 0.2) is 0 Å². The summed E-state index contributed by atoms with van der Waals surface area (Å²) in [7, 11) is -2.68. The van der Waals surface area contributed by atoms with Gasteiger partial charge in [0.2, 0.25) is 11.8 Å². The van der Waals surface area contributed by atoms with E-state index in [0.29, 0.717) is 33.6 Å². The Balaban J connectivity index is 2.01. The third kappa shape index (κ3) is 7.65. The van der Waals surface area contributed by atoms with Gasteiger partial charge in [0.05, 0.1) is 17.7 Å². The van der Waals surface area contributed by atoms with Crippen molar-refractivity contribution in [2.24, 2.45) is 0 Å². The summed E-state index contributed by atoms with van der Waals surface area (Å²) in [5.41, 5.74) is 0.864. The van der Waals surface area contributed by atoms with Gasteiger partial charge < -0.3 is 15.0 Å². The van der Waals surface area contributed by atoms with Crippen LogP contribution in [0, 0.1) is 0 Å². The van der Waals surface area contributed by atoms with Crippen molar-refractivity contribution in [2.45, 2.75) is 37.8 Å². The highest BCUT2D eigenvalue weighted by Gasteiger charge is 2.32. The number of nitrogens with zero attached hydrogens (tertiary/aromatic N) is 2. The first-order valence-corrected chi connectivity index (χ1v) is 14.5. The first kappa shape index (κ1) is 30.3. The van der Waals surface area contributed by atoms with E-state index >= 15 is 0 Å². The lowest BCUT2D eigenvalue weighted by Crippen LogP contribution is -2.51. The van der Waals surface area contributed by atoms with E-state index < -0.39 is 28.5 Å². The van der Waals surface area contributed by atoms with Crippen LogP contribution >= 0.6 is 23.2 Å². The minimum atomic E-state index is -4.17. The second-order valence-corrected chi connectivity index (χ2v) is 11.5. The topological polar surface area (TPSA) is 96.0 Å². The van der Waals surface area contributed by atoms with Crippen molar-refractivity contribution in [3.8, 4) is 5.75 Å². The highest BCUT2D eigenvalue weighted by Crippen LogP contribution is 2.27. The van der Waals surface area contributed by atoms with E-state index in [1.165, 1.54) is 36.3 Å². The van der Waals surface area contributed by atoms with E-state index in [1.54, 1.807) is 55.5 Å². The summed E-state index contributed by atoms with van der Waals surface area (Å²) < 4.78 is 33.7. The third-order valence-corrected chi connectivity index (χ3v) is 8.42. The van der Waals surface area contributed by atoms with Crippen LogP contribution in [0.1, 0.15) is 25.8 Å². The van der Waals surface area contributed by atoms with Crippen LogP contribution in [0.5, 0.6) is 5.75 Å². The van der Waals surface area contributed by atoms with Crippen molar-refractivity contribution >= 4 is 50.7 Å². The van der Waals surface area contributed by atoms with Crippen molar-refractivity contribution in [2.75, 3.05) is 24.5 Å². The number of carbonyl (C=O) groups is 2. The first-order chi connectivity index (χ1) is 18.6. The molecule has 1 unspecified atom stereocenters. The Morgan fingerprint density at radius 1 is 1.00 bits per heavy atom. The van der Waals surface area contributed by atoms with Crippen molar-refractivity contribution in [1.29, 1.82) is 0 Å². The fraction of sp³-hybridized carbons (Fsp3) is 0.286. The van der Waals surface area contributed by atoms with Gasteiger partial charge in [-0.2, -0.15) is 0 Å². The maximum absolute atomic E-state index is 13.9. The van der Waals surface area contributed by atoms with E-state index in [-0.39, 0.29) is 17.3 Å². The van der Waals surface area contributed by atoms with Gasteiger partial charge in [-0.25, -0.2) is 8.42 Å². The number of ether oxygens (including phenoxy) is 1. The molecule has 2 amide bonds. The van der Waals surface area contributed by atoms with Crippen molar-refractivity contribution in [1.82, 2.24) is 10.2 Å². The number of amides is 2. The minimum Gasteiger partial charge on any atom is -0.497 e. The Kier molecular flexibility index (Phi) is 10.6. The molecule has 1 N–H and O–H groups in total. The maximum atomic E-state index is 13.9. The number of anilines is 1. The standard InChI is InChI=1S/C28H31Cl2N3O5S/c1-4-16-31-28(35)20(2)32(18-21-10-11-22(29)17-26(21)30)27(34)19-33(23-8-6-5-7-9-23)39(36,37)25-14-12-24(38-3)13-15-25/h5-15,17,20H,4,16,18-19H2,1-3H3,(H,31,35). The van der Waals surface area contributed by atoms with E-state index in [9.17, 15) is 18.0 Å². The molecule has 1 atom stereocenters. The van der Waals surface area contributed by atoms with Crippen LogP contribution in [-0.2, 0) is 26.2 Å². The molecule has 8 nitrogen and oxygen atoms in total. The van der Waals surface area contributed by atoms with Gasteiger partial charge in [-0.15, -0.1) is 0 Å². The van der Waals surface area contributed by atoms with Gasteiger partial charge in [0, 0.05) is 23.1 Å². The van der Waals surface area contributed by atoms with E-state index in [4.69, 9.17) is 27.9 Å². The number of para-hydroxylation sites is 1. The summed E-state index contributed by atoms with van der Waals surface area (Å²) in [5, 5.41) is 3.55. The van der Waals surface area contributed by atoms with Crippen LogP contribution in [0.3, 0.4) is 0 Å². The number of hydrogen-bond acceptors (Lipinski definition) is 5. The van der Waals surface area contributed by atoms with Crippen molar-refractivity contribution in [3.63, 3.8) is 0 Å². The fourth-order valence-corrected chi connectivity index (χ4v) is 5.69. The van der Waals surface area contributed by atoms with Gasteiger partial charge in [-0.1, -0.05) is 54.4 Å². The zero-order chi connectivity index (χ0) is 28.6. The molecule has 0 bridgehead atoms. The largest absolute Gasteiger partial charge is 0.497 e. The lowest BCUT2D eigenvalue weighted by atomic mass is 10.1. The van der Waals surface area contributed by atoms with Gasteiger partial charge in [-0.3, -0.25) is 13.9 Å². The molecule has 0 heterocycles. The van der Waals surface area contributed by atoms with Crippen LogP contribution in [0.15, 0.2) is 77.7 Å². The summed E-state index contributed by atoms with van der Waals surface area (Å²) in [4.78, 5) is 28.1. The molecule has 0 fully saturated rings. The molecule has 39 heavy (non-hydrogen) atoms. The molecular weight excluding hydrogens is 561 g/mol. The zero-order valence-electron chi connectivity index (χ0n) is 21.9. The SMILES string of the molecule is CCCNC(=O)C(C)N(Cc1ccc(Cl)cc1Cl)C(=O)CN(c1ccccc1)S(=O)(=O)c1ccc(OC)cc1. The quantitative estimate of drug-likeness (QED) is 0.314. The van der Waals surface area contributed by atoms with Gasteiger partial charge in [-0.05, 0) is 67.4 Å². The number of halogens is 2. The summed E-state index contributed by atoms with van der Waals surface area (Å²) >= 11 is 12.4. The number of hydrogen-bond donors (Lipinski definition) is 1. The predicted molar refractivity (Wildman–Crippen MR) is 154 cm³/mol. The normalized spacial score (nSPS) is 11.9. The zero-order valence-corrected chi connectivity index (χ0v) is 24.3. The van der Waals surface area contributed by atoms with E-state index in [0.717, 1.165) is 10.7 Å². The Hall–Kier alpha value is -3.27. The average molecular weight is 593 g/mol. The van der Waals surface area contributed by atoms with Crippen molar-refractivity contribution < 1.29 is 22.7 Å². The first-order valence-electron chi connectivity index (χ1n) is 12.3. The second kappa shape index (κ2) is 13.7. The Labute approximate surface area is 239 Å². The third-order valence-electron chi connectivity index (χ3n) is 6.04. The van der Waals surface area contributed by atoms with Crippen LogP contribution in [-0.4, -0.2) is 51.4 Å². The van der Waals surface area contributed by atoms with Crippen LogP contribution in [0.2, 0.25) is 10.0 Å². The molecule has 208 valence electrons. The molecule has 0 aliphatic heterocycles. The van der Waals surface area contributed by atoms with E-state index in [2.05, 4.69) is 5.32 Å². The molecule has 0 aliphatic rings. The number of sulfonamides is 1. The van der Waals surface area contributed by atoms with Crippen LogP contribution < -0.4 is 14.4 Å². The molecule has 0 aromatic heterocycles. The van der Waals surface area contributed by atoms with Crippen LogP contribution in [0.25, 0.3) is 0 Å². The lowest BCUT2D eigenvalue weighted by Gasteiger charge is -2.32.